The van der Waals surface area contributed by atoms with Crippen LogP contribution in [0, 0.1) is 5.92 Å². The lowest BCUT2D eigenvalue weighted by molar-refractivity contribution is -0.830. The molecule has 0 saturated carbocycles. The highest BCUT2D eigenvalue weighted by molar-refractivity contribution is 5.99. The molecule has 2 N–H and O–H groups in total. The number of aliphatic imine (C=N–C) groups is 1. The second kappa shape index (κ2) is 6.71. The molecular formula is C16H26N3O3+. The van der Waals surface area contributed by atoms with Gasteiger partial charge >= 0.3 is 6.03 Å². The summed E-state index contributed by atoms with van der Waals surface area (Å²) in [5.74, 6) is 0.914. The number of Topliss-reactive ketones (excluding diaryl/α,β-unsaturated/α-hetero) is 1. The summed E-state index contributed by atoms with van der Waals surface area (Å²) in [6.45, 7) is 4.09. The Bertz CT molecular complexity index is 513. The molecule has 2 aliphatic heterocycles. The number of rotatable bonds is 6. The Morgan fingerprint density at radius 1 is 1.50 bits per heavy atom. The highest BCUT2D eigenvalue weighted by Crippen LogP contribution is 2.31. The fourth-order valence-electron chi connectivity index (χ4n) is 2.94. The van der Waals surface area contributed by atoms with E-state index in [0.717, 1.165) is 19.3 Å². The number of amidine groups is 1. The highest BCUT2D eigenvalue weighted by atomic mass is 16.5. The van der Waals surface area contributed by atoms with Gasteiger partial charge in [0.05, 0.1) is 13.2 Å². The number of urea groups is 1. The number of nitrogens with zero attached hydrogens (tertiary/aromatic N) is 2. The van der Waals surface area contributed by atoms with E-state index < -0.39 is 0 Å². The number of nitrogens with two attached hydrogens (primary N) is 1. The first kappa shape index (κ1) is 16.8. The summed E-state index contributed by atoms with van der Waals surface area (Å²) in [6, 6.07) is -0.304. The van der Waals surface area contributed by atoms with E-state index in [9.17, 15) is 9.59 Å². The van der Waals surface area contributed by atoms with Crippen LogP contribution < -0.4 is 5.73 Å². The Labute approximate surface area is 131 Å². The van der Waals surface area contributed by atoms with E-state index in [2.05, 4.69) is 4.99 Å². The normalized spacial score (nSPS) is 31.6. The molecule has 1 fully saturated rings. The maximum absolute atomic E-state index is 12.1. The number of carbonyl (C=O) groups excluding carboxylic acids is 2. The van der Waals surface area contributed by atoms with Crippen molar-refractivity contribution in [2.75, 3.05) is 7.05 Å². The minimum Gasteiger partial charge on any atom is -0.383 e. The Morgan fingerprint density at radius 2 is 2.23 bits per heavy atom. The molecule has 122 valence electrons. The van der Waals surface area contributed by atoms with Crippen molar-refractivity contribution in [2.24, 2.45) is 16.6 Å². The fourth-order valence-corrected chi connectivity index (χ4v) is 2.94. The molecule has 0 radical (unpaired) electrons. The number of carbonyl (C=O) groups is 2. The molecule has 2 amide bonds. The van der Waals surface area contributed by atoms with Crippen LogP contribution in [0.4, 0.5) is 4.79 Å². The summed E-state index contributed by atoms with van der Waals surface area (Å²) in [5.41, 5.74) is 5.55. The summed E-state index contributed by atoms with van der Waals surface area (Å²) in [7, 11) is 1.78. The lowest BCUT2D eigenvalue weighted by Crippen LogP contribution is -2.53. The Hall–Kier alpha value is -1.53. The summed E-state index contributed by atoms with van der Waals surface area (Å²) >= 11 is 0. The summed E-state index contributed by atoms with van der Waals surface area (Å²) in [4.78, 5) is 27.7. The van der Waals surface area contributed by atoms with Crippen LogP contribution >= 0.6 is 0 Å². The van der Waals surface area contributed by atoms with Crippen LogP contribution in [0.25, 0.3) is 0 Å². The predicted molar refractivity (Wildman–Crippen MR) is 83.9 cm³/mol. The number of hydrogen-bond donors (Lipinski definition) is 1. The summed E-state index contributed by atoms with van der Waals surface area (Å²) < 4.78 is 6.00. The van der Waals surface area contributed by atoms with Crippen LogP contribution in [-0.4, -0.2) is 41.5 Å². The third kappa shape index (κ3) is 3.81. The van der Waals surface area contributed by atoms with Gasteiger partial charge in [-0.1, -0.05) is 13.8 Å². The highest BCUT2D eigenvalue weighted by Gasteiger charge is 2.45. The lowest BCUT2D eigenvalue weighted by Gasteiger charge is -2.32. The zero-order chi connectivity index (χ0) is 16.3. The molecule has 0 bridgehead atoms. The lowest BCUT2D eigenvalue weighted by atomic mass is 10.0. The topological polar surface area (TPSA) is 81.8 Å². The number of amides is 2. The third-order valence-corrected chi connectivity index (χ3v) is 4.26. The second-order valence-electron chi connectivity index (χ2n) is 6.75. The van der Waals surface area contributed by atoms with E-state index in [0.29, 0.717) is 18.8 Å². The quantitative estimate of drug-likeness (QED) is 0.764. The van der Waals surface area contributed by atoms with Crippen LogP contribution in [-0.2, 0) is 9.53 Å². The van der Waals surface area contributed by atoms with Gasteiger partial charge in [0, 0.05) is 25.3 Å². The van der Waals surface area contributed by atoms with Crippen LogP contribution in [0.3, 0.4) is 0 Å². The third-order valence-electron chi connectivity index (χ3n) is 4.26. The van der Waals surface area contributed by atoms with Crippen LogP contribution in [0.2, 0.25) is 0 Å². The van der Waals surface area contributed by atoms with Gasteiger partial charge in [-0.15, -0.1) is 4.99 Å². The molecule has 0 aliphatic carbocycles. The molecule has 3 atom stereocenters. The standard InChI is InChI=1S/C16H25N3O3/c1-11(2)10-12(20)4-5-13-6-7-15(22-13)19(3)9-8-14(17)18-16(19)21/h8-9,11,13,15H,4-7,10H2,1-3H3,(H-,17,18,21)/p+1. The molecule has 0 aromatic carbocycles. The van der Waals surface area contributed by atoms with Crippen molar-refractivity contribution >= 4 is 17.6 Å². The summed E-state index contributed by atoms with van der Waals surface area (Å²) in [5, 5.41) is 0. The largest absolute Gasteiger partial charge is 0.451 e. The van der Waals surface area contributed by atoms with Gasteiger partial charge in [0.25, 0.3) is 0 Å². The van der Waals surface area contributed by atoms with Crippen molar-refractivity contribution < 1.29 is 18.8 Å². The van der Waals surface area contributed by atoms with E-state index in [1.807, 2.05) is 13.8 Å². The first-order valence-corrected chi connectivity index (χ1v) is 7.92. The predicted octanol–water partition coefficient (Wildman–Crippen LogP) is 2.34. The smallest absolute Gasteiger partial charge is 0.383 e. The Kier molecular flexibility index (Phi) is 5.13. The van der Waals surface area contributed by atoms with Gasteiger partial charge in [0.15, 0.2) is 0 Å². The average molecular weight is 308 g/mol. The number of ketones is 1. The second-order valence-corrected chi connectivity index (χ2v) is 6.75. The van der Waals surface area contributed by atoms with Crippen LogP contribution in [0.5, 0.6) is 0 Å². The molecule has 2 rings (SSSR count). The van der Waals surface area contributed by atoms with Crippen molar-refractivity contribution in [1.82, 2.24) is 0 Å². The molecule has 2 heterocycles. The molecule has 1 saturated heterocycles. The SMILES string of the molecule is CC(C)CC(=O)CCC1CCC([N+]2(C)C=CC(N)=NC2=O)O1. The van der Waals surface area contributed by atoms with E-state index in [1.54, 1.807) is 19.3 Å². The van der Waals surface area contributed by atoms with Gasteiger partial charge in [-0.2, -0.15) is 4.48 Å². The Balaban J connectivity index is 1.87. The van der Waals surface area contributed by atoms with Crippen molar-refractivity contribution in [3.63, 3.8) is 0 Å². The van der Waals surface area contributed by atoms with E-state index in [1.165, 1.54) is 0 Å². The van der Waals surface area contributed by atoms with Gasteiger partial charge in [0.2, 0.25) is 6.23 Å². The molecule has 3 unspecified atom stereocenters. The van der Waals surface area contributed by atoms with Crippen molar-refractivity contribution in [3.05, 3.63) is 12.3 Å². The molecule has 6 nitrogen and oxygen atoms in total. The van der Waals surface area contributed by atoms with Gasteiger partial charge in [0.1, 0.15) is 17.8 Å². The van der Waals surface area contributed by atoms with Gasteiger partial charge < -0.3 is 10.5 Å². The van der Waals surface area contributed by atoms with Gasteiger partial charge in [-0.25, -0.2) is 4.79 Å². The van der Waals surface area contributed by atoms with Crippen LogP contribution in [0.1, 0.15) is 46.0 Å². The molecule has 0 aromatic heterocycles. The monoisotopic (exact) mass is 308 g/mol. The minimum absolute atomic E-state index is 0.00284. The molecule has 2 aliphatic rings. The zero-order valence-corrected chi connectivity index (χ0v) is 13.6. The van der Waals surface area contributed by atoms with Crippen LogP contribution in [0.15, 0.2) is 17.3 Å². The van der Waals surface area contributed by atoms with Crippen molar-refractivity contribution in [2.45, 2.75) is 58.3 Å². The number of ether oxygens (including phenoxy) is 1. The van der Waals surface area contributed by atoms with Gasteiger partial charge in [-0.3, -0.25) is 4.79 Å². The molecular weight excluding hydrogens is 282 g/mol. The van der Waals surface area contributed by atoms with Crippen molar-refractivity contribution in [3.8, 4) is 0 Å². The molecule has 22 heavy (non-hydrogen) atoms. The number of quaternary nitrogens is 1. The zero-order valence-electron chi connectivity index (χ0n) is 13.6. The average Bonchev–Trinajstić information content (AvgIpc) is 2.90. The van der Waals surface area contributed by atoms with Crippen molar-refractivity contribution in [1.29, 1.82) is 0 Å². The van der Waals surface area contributed by atoms with E-state index >= 15 is 0 Å². The minimum atomic E-state index is -0.304. The fraction of sp³-hybridized carbons (Fsp3) is 0.688. The summed E-state index contributed by atoms with van der Waals surface area (Å²) in [6.07, 6.45) is 6.73. The van der Waals surface area contributed by atoms with E-state index in [4.69, 9.17) is 10.5 Å². The Morgan fingerprint density at radius 3 is 2.86 bits per heavy atom. The first-order valence-electron chi connectivity index (χ1n) is 7.92. The first-order chi connectivity index (χ1) is 10.3. The number of hydrogen-bond acceptors (Lipinski definition) is 4. The maximum atomic E-state index is 12.1. The van der Waals surface area contributed by atoms with Gasteiger partial charge in [-0.05, 0) is 18.8 Å². The maximum Gasteiger partial charge on any atom is 0.451 e. The van der Waals surface area contributed by atoms with E-state index in [-0.39, 0.29) is 34.5 Å². The molecule has 6 heteroatoms. The molecule has 0 aromatic rings. The molecule has 0 spiro atoms.